The van der Waals surface area contributed by atoms with Crippen LogP contribution in [0.3, 0.4) is 0 Å². The second-order valence-electron chi connectivity index (χ2n) is 4.60. The molecule has 1 N–H and O–H groups in total. The number of aryl methyl sites for hydroxylation is 2. The first-order chi connectivity index (χ1) is 9.61. The van der Waals surface area contributed by atoms with Crippen molar-refractivity contribution in [1.82, 2.24) is 30.4 Å². The summed E-state index contributed by atoms with van der Waals surface area (Å²) in [7, 11) is 0. The van der Waals surface area contributed by atoms with Gasteiger partial charge in [-0.25, -0.2) is 14.3 Å². The van der Waals surface area contributed by atoms with Gasteiger partial charge in [0.15, 0.2) is 0 Å². The Labute approximate surface area is 116 Å². The predicted molar refractivity (Wildman–Crippen MR) is 69.6 cm³/mol. The smallest absolute Gasteiger partial charge is 0.226 e. The highest BCUT2D eigenvalue weighted by molar-refractivity contribution is 5.78. The Morgan fingerprint density at radius 2 is 2.30 bits per heavy atom. The molecule has 0 aliphatic carbocycles. The molecule has 2 heterocycles. The van der Waals surface area contributed by atoms with E-state index in [4.69, 9.17) is 0 Å². The molecule has 0 aliphatic rings. The Hall–Kier alpha value is -2.25. The van der Waals surface area contributed by atoms with E-state index >= 15 is 0 Å². The molecule has 0 spiro atoms. The van der Waals surface area contributed by atoms with Gasteiger partial charge in [0.2, 0.25) is 5.91 Å². The lowest BCUT2D eigenvalue weighted by Gasteiger charge is -2.13. The summed E-state index contributed by atoms with van der Waals surface area (Å²) in [6.07, 6.45) is 2.60. The molecular formula is C12H18N6O2. The van der Waals surface area contributed by atoms with Crippen molar-refractivity contribution in [3.63, 3.8) is 0 Å². The fourth-order valence-electron chi connectivity index (χ4n) is 1.91. The zero-order valence-electron chi connectivity index (χ0n) is 11.8. The molecule has 20 heavy (non-hydrogen) atoms. The van der Waals surface area contributed by atoms with Gasteiger partial charge in [0.05, 0.1) is 12.5 Å². The molecule has 2 aromatic heterocycles. The third-order valence-electron chi connectivity index (χ3n) is 2.92. The second kappa shape index (κ2) is 6.27. The number of aromatic nitrogens is 5. The van der Waals surface area contributed by atoms with Crippen LogP contribution >= 0.6 is 0 Å². The van der Waals surface area contributed by atoms with Gasteiger partial charge < -0.3 is 5.32 Å². The van der Waals surface area contributed by atoms with E-state index in [0.717, 1.165) is 18.8 Å². The molecule has 0 aromatic carbocycles. The summed E-state index contributed by atoms with van der Waals surface area (Å²) in [5, 5.41) is 14.4. The number of carbonyl (C=O) groups is 1. The summed E-state index contributed by atoms with van der Waals surface area (Å²) in [5.74, 6) is 0.595. The van der Waals surface area contributed by atoms with Gasteiger partial charge in [-0.2, -0.15) is 5.10 Å². The quantitative estimate of drug-likeness (QED) is 0.839. The van der Waals surface area contributed by atoms with Crippen molar-refractivity contribution >= 4 is 5.91 Å². The van der Waals surface area contributed by atoms with Gasteiger partial charge in [-0.1, -0.05) is 17.2 Å². The van der Waals surface area contributed by atoms with E-state index in [0.29, 0.717) is 11.4 Å². The maximum Gasteiger partial charge on any atom is 0.226 e. The van der Waals surface area contributed by atoms with E-state index in [9.17, 15) is 4.79 Å². The molecule has 0 fully saturated rings. The summed E-state index contributed by atoms with van der Waals surface area (Å²) in [5.41, 5.74) is 1.17. The zero-order chi connectivity index (χ0) is 14.5. The topological polar surface area (TPSA) is 98.7 Å². The van der Waals surface area contributed by atoms with Crippen molar-refractivity contribution in [2.24, 2.45) is 0 Å². The molecule has 0 saturated carbocycles. The van der Waals surface area contributed by atoms with Gasteiger partial charge in [-0.05, 0) is 20.3 Å². The molecule has 2 aromatic rings. The van der Waals surface area contributed by atoms with Crippen molar-refractivity contribution in [3.8, 4) is 0 Å². The average Bonchev–Trinajstić information content (AvgIpc) is 3.00. The van der Waals surface area contributed by atoms with Crippen molar-refractivity contribution in [2.45, 2.75) is 46.2 Å². The molecule has 8 nitrogen and oxygen atoms in total. The lowest BCUT2D eigenvalue weighted by molar-refractivity contribution is -0.121. The molecule has 108 valence electrons. The van der Waals surface area contributed by atoms with Crippen LogP contribution in [0.25, 0.3) is 0 Å². The van der Waals surface area contributed by atoms with Gasteiger partial charge in [0.1, 0.15) is 23.5 Å². The van der Waals surface area contributed by atoms with E-state index in [2.05, 4.69) is 37.3 Å². The number of hydrogen-bond donors (Lipinski definition) is 1. The highest BCUT2D eigenvalue weighted by Gasteiger charge is 2.17. The van der Waals surface area contributed by atoms with Crippen LogP contribution in [0.2, 0.25) is 0 Å². The van der Waals surface area contributed by atoms with Crippen LogP contribution in [0.4, 0.5) is 0 Å². The van der Waals surface area contributed by atoms with Gasteiger partial charge in [0, 0.05) is 6.54 Å². The summed E-state index contributed by atoms with van der Waals surface area (Å²) in [6, 6.07) is -0.211. The summed E-state index contributed by atoms with van der Waals surface area (Å²) in [4.78, 5) is 16.2. The Bertz CT molecular complexity index is 576. The minimum absolute atomic E-state index is 0.140. The molecule has 0 bridgehead atoms. The van der Waals surface area contributed by atoms with Gasteiger partial charge >= 0.3 is 0 Å². The van der Waals surface area contributed by atoms with Crippen molar-refractivity contribution < 1.29 is 9.42 Å². The molecule has 0 saturated heterocycles. The molecule has 0 radical (unpaired) electrons. The second-order valence-corrected chi connectivity index (χ2v) is 4.60. The van der Waals surface area contributed by atoms with Gasteiger partial charge in [-0.3, -0.25) is 4.79 Å². The summed E-state index contributed by atoms with van der Waals surface area (Å²) >= 11 is 0. The van der Waals surface area contributed by atoms with Crippen LogP contribution in [-0.4, -0.2) is 31.0 Å². The third kappa shape index (κ3) is 3.19. The molecule has 0 aliphatic heterocycles. The van der Waals surface area contributed by atoms with Gasteiger partial charge in [-0.15, -0.1) is 0 Å². The van der Waals surface area contributed by atoms with Crippen LogP contribution in [0.5, 0.6) is 0 Å². The van der Waals surface area contributed by atoms with Crippen LogP contribution in [0.15, 0.2) is 11.0 Å². The number of nitrogens with one attached hydrogen (secondary N) is 1. The Morgan fingerprint density at radius 3 is 2.95 bits per heavy atom. The van der Waals surface area contributed by atoms with Crippen LogP contribution in [-0.2, 0) is 17.8 Å². The van der Waals surface area contributed by atoms with E-state index < -0.39 is 0 Å². The standard InChI is InChI=1S/C12H18N6O2/c1-4-5-18-12(13-7-14-18)9(3)15-11(19)6-10-8(2)16-20-17-10/h7,9H,4-6H2,1-3H3,(H,15,19)/t9-/m0/s1. The fraction of sp³-hybridized carbons (Fsp3) is 0.583. The van der Waals surface area contributed by atoms with E-state index in [1.54, 1.807) is 11.6 Å². The highest BCUT2D eigenvalue weighted by Crippen LogP contribution is 2.10. The van der Waals surface area contributed by atoms with Crippen molar-refractivity contribution in [2.75, 3.05) is 0 Å². The minimum atomic E-state index is -0.211. The number of amides is 1. The fourth-order valence-corrected chi connectivity index (χ4v) is 1.91. The summed E-state index contributed by atoms with van der Waals surface area (Å²) in [6.45, 7) is 6.47. The Morgan fingerprint density at radius 1 is 1.50 bits per heavy atom. The number of carbonyl (C=O) groups excluding carboxylic acids is 1. The first-order valence-electron chi connectivity index (χ1n) is 6.57. The SMILES string of the molecule is CCCn1ncnc1[C@H](C)NC(=O)Cc1nonc1C. The molecule has 2 rings (SSSR count). The zero-order valence-corrected chi connectivity index (χ0v) is 11.8. The largest absolute Gasteiger partial charge is 0.346 e. The summed E-state index contributed by atoms with van der Waals surface area (Å²) < 4.78 is 6.37. The molecule has 1 amide bonds. The molecular weight excluding hydrogens is 260 g/mol. The maximum absolute atomic E-state index is 12.0. The highest BCUT2D eigenvalue weighted by atomic mass is 16.6. The molecule has 8 heteroatoms. The van der Waals surface area contributed by atoms with E-state index in [1.807, 2.05) is 6.92 Å². The minimum Gasteiger partial charge on any atom is -0.346 e. The number of nitrogens with zero attached hydrogens (tertiary/aromatic N) is 5. The van der Waals surface area contributed by atoms with E-state index in [-0.39, 0.29) is 18.4 Å². The van der Waals surface area contributed by atoms with Crippen molar-refractivity contribution in [3.05, 3.63) is 23.5 Å². The number of rotatable bonds is 6. The Balaban J connectivity index is 1.97. The monoisotopic (exact) mass is 278 g/mol. The first-order valence-corrected chi connectivity index (χ1v) is 6.57. The molecule has 1 atom stereocenters. The predicted octanol–water partition coefficient (Wildman–Crippen LogP) is 0.799. The van der Waals surface area contributed by atoms with Crippen LogP contribution < -0.4 is 5.32 Å². The molecule has 0 unspecified atom stereocenters. The lowest BCUT2D eigenvalue weighted by atomic mass is 10.2. The lowest BCUT2D eigenvalue weighted by Crippen LogP contribution is -2.30. The van der Waals surface area contributed by atoms with Gasteiger partial charge in [0.25, 0.3) is 0 Å². The maximum atomic E-state index is 12.0. The number of hydrogen-bond acceptors (Lipinski definition) is 6. The average molecular weight is 278 g/mol. The van der Waals surface area contributed by atoms with E-state index in [1.165, 1.54) is 6.33 Å². The Kier molecular flexibility index (Phi) is 4.44. The first kappa shape index (κ1) is 14.2. The third-order valence-corrected chi connectivity index (χ3v) is 2.92. The van der Waals surface area contributed by atoms with Crippen LogP contribution in [0, 0.1) is 6.92 Å². The normalized spacial score (nSPS) is 12.3. The van der Waals surface area contributed by atoms with Crippen LogP contribution in [0.1, 0.15) is 43.5 Å². The van der Waals surface area contributed by atoms with Crippen molar-refractivity contribution in [1.29, 1.82) is 0 Å².